The van der Waals surface area contributed by atoms with Crippen LogP contribution in [-0.2, 0) is 10.3 Å². The molecule has 0 aliphatic rings. The molecule has 98 valence electrons. The summed E-state index contributed by atoms with van der Waals surface area (Å²) in [7, 11) is 1.59. The number of methoxy groups -OCH3 is 1. The molecule has 0 spiro atoms. The summed E-state index contributed by atoms with van der Waals surface area (Å²) < 4.78 is 11.4. The third-order valence-electron chi connectivity index (χ3n) is 2.45. The predicted octanol–water partition coefficient (Wildman–Crippen LogP) is 2.69. The van der Waals surface area contributed by atoms with Crippen LogP contribution in [0.1, 0.15) is 18.3 Å². The Morgan fingerprint density at radius 3 is 2.89 bits per heavy atom. The first-order valence-electron chi connectivity index (χ1n) is 5.32. The van der Waals surface area contributed by atoms with Gasteiger partial charge in [0, 0.05) is 7.11 Å². The van der Waals surface area contributed by atoms with Crippen LogP contribution in [0.3, 0.4) is 0 Å². The maximum atomic E-state index is 6.06. The van der Waals surface area contributed by atoms with Gasteiger partial charge in [-0.05, 0) is 41.4 Å². The van der Waals surface area contributed by atoms with Gasteiger partial charge in [-0.1, -0.05) is 5.16 Å². The molecule has 2 aromatic heterocycles. The van der Waals surface area contributed by atoms with Gasteiger partial charge in [0.1, 0.15) is 5.54 Å². The van der Waals surface area contributed by atoms with Crippen molar-refractivity contribution >= 4 is 27.3 Å². The maximum Gasteiger partial charge on any atom is 0.268 e. The van der Waals surface area contributed by atoms with Crippen molar-refractivity contribution < 1.29 is 9.26 Å². The van der Waals surface area contributed by atoms with Crippen LogP contribution < -0.4 is 5.73 Å². The van der Waals surface area contributed by atoms with Gasteiger partial charge in [-0.2, -0.15) is 4.98 Å². The largest absolute Gasteiger partial charge is 0.382 e. The lowest BCUT2D eigenvalue weighted by atomic mass is 10.1. The summed E-state index contributed by atoms with van der Waals surface area (Å²) in [6.45, 7) is 4.15. The Balaban J connectivity index is 2.30. The normalized spacial score (nSPS) is 14.7. The lowest BCUT2D eigenvalue weighted by Crippen LogP contribution is -2.38. The number of ether oxygens (including phenoxy) is 1. The third kappa shape index (κ3) is 2.64. The fraction of sp³-hybridized carbons (Fsp3) is 0.455. The number of rotatable bonds is 4. The number of aromatic nitrogens is 2. The molecule has 0 amide bonds. The fourth-order valence-electron chi connectivity index (χ4n) is 1.49. The Hall–Kier alpha value is -0.760. The number of nitrogens with zero attached hydrogens (tertiary/aromatic N) is 2. The first kappa shape index (κ1) is 13.7. The first-order chi connectivity index (χ1) is 8.44. The molecule has 0 aliphatic carbocycles. The Labute approximate surface area is 117 Å². The van der Waals surface area contributed by atoms with Crippen LogP contribution in [0.15, 0.2) is 14.4 Å². The number of hydrogen-bond acceptors (Lipinski definition) is 6. The zero-order chi connectivity index (χ0) is 13.3. The van der Waals surface area contributed by atoms with Crippen molar-refractivity contribution in [3.05, 3.63) is 21.2 Å². The van der Waals surface area contributed by atoms with Crippen LogP contribution in [-0.4, -0.2) is 23.9 Å². The molecule has 7 heteroatoms. The van der Waals surface area contributed by atoms with Gasteiger partial charge < -0.3 is 15.0 Å². The molecule has 2 N–H and O–H groups in total. The van der Waals surface area contributed by atoms with Crippen molar-refractivity contribution in [2.24, 2.45) is 5.73 Å². The molecule has 0 radical (unpaired) electrons. The molecule has 0 bridgehead atoms. The maximum absolute atomic E-state index is 6.06. The van der Waals surface area contributed by atoms with E-state index in [4.69, 9.17) is 15.0 Å². The molecule has 0 aromatic carbocycles. The van der Waals surface area contributed by atoms with Gasteiger partial charge >= 0.3 is 0 Å². The summed E-state index contributed by atoms with van der Waals surface area (Å²) in [6.07, 6.45) is 0. The highest BCUT2D eigenvalue weighted by Crippen LogP contribution is 2.34. The average Bonchev–Trinajstić information content (AvgIpc) is 2.87. The molecule has 0 saturated heterocycles. The summed E-state index contributed by atoms with van der Waals surface area (Å²) in [5.74, 6) is 0.929. The highest BCUT2D eigenvalue weighted by molar-refractivity contribution is 9.11. The lowest BCUT2D eigenvalue weighted by molar-refractivity contribution is 0.135. The second-order valence-electron chi connectivity index (χ2n) is 4.34. The van der Waals surface area contributed by atoms with E-state index in [1.807, 2.05) is 13.0 Å². The van der Waals surface area contributed by atoms with Crippen LogP contribution in [0.2, 0.25) is 0 Å². The summed E-state index contributed by atoms with van der Waals surface area (Å²) in [5.41, 5.74) is 6.45. The number of nitrogens with two attached hydrogens (primary N) is 1. The molecule has 2 aromatic rings. The Bertz CT molecular complexity index is 531. The van der Waals surface area contributed by atoms with Crippen LogP contribution in [0.4, 0.5) is 0 Å². The number of hydrogen-bond donors (Lipinski definition) is 1. The van der Waals surface area contributed by atoms with Crippen molar-refractivity contribution in [1.82, 2.24) is 10.1 Å². The van der Waals surface area contributed by atoms with Gasteiger partial charge in [-0.3, -0.25) is 0 Å². The van der Waals surface area contributed by atoms with Crippen molar-refractivity contribution in [2.45, 2.75) is 19.4 Å². The highest BCUT2D eigenvalue weighted by atomic mass is 79.9. The van der Waals surface area contributed by atoms with E-state index in [1.165, 1.54) is 0 Å². The molecule has 0 aliphatic heterocycles. The van der Waals surface area contributed by atoms with E-state index >= 15 is 0 Å². The topological polar surface area (TPSA) is 74.2 Å². The van der Waals surface area contributed by atoms with Crippen molar-refractivity contribution in [3.63, 3.8) is 0 Å². The number of thiophene rings is 1. The smallest absolute Gasteiger partial charge is 0.268 e. The van der Waals surface area contributed by atoms with Crippen LogP contribution in [0, 0.1) is 6.92 Å². The van der Waals surface area contributed by atoms with Crippen molar-refractivity contribution in [2.75, 3.05) is 13.7 Å². The molecule has 2 heterocycles. The first-order valence-corrected chi connectivity index (χ1v) is 6.93. The quantitative estimate of drug-likeness (QED) is 0.932. The predicted molar refractivity (Wildman–Crippen MR) is 73.5 cm³/mol. The SMILES string of the molecule is COCC(C)(N)c1noc(-c2cc(C)c(Br)s2)n1. The molecular formula is C11H14BrN3O2S. The molecular weight excluding hydrogens is 318 g/mol. The summed E-state index contributed by atoms with van der Waals surface area (Å²) >= 11 is 5.02. The van der Waals surface area contributed by atoms with Gasteiger partial charge in [0.2, 0.25) is 0 Å². The average molecular weight is 332 g/mol. The molecule has 1 unspecified atom stereocenters. The van der Waals surface area contributed by atoms with Crippen LogP contribution >= 0.6 is 27.3 Å². The minimum absolute atomic E-state index is 0.332. The monoisotopic (exact) mass is 331 g/mol. The molecule has 18 heavy (non-hydrogen) atoms. The molecule has 0 saturated carbocycles. The van der Waals surface area contributed by atoms with E-state index in [1.54, 1.807) is 25.4 Å². The van der Waals surface area contributed by atoms with E-state index in [0.717, 1.165) is 14.2 Å². The summed E-state index contributed by atoms with van der Waals surface area (Å²) in [4.78, 5) is 5.25. The summed E-state index contributed by atoms with van der Waals surface area (Å²) in [5, 5.41) is 3.92. The van der Waals surface area contributed by atoms with E-state index < -0.39 is 5.54 Å². The van der Waals surface area contributed by atoms with Gasteiger partial charge in [0.15, 0.2) is 5.82 Å². The Kier molecular flexibility index (Phi) is 3.86. The lowest BCUT2D eigenvalue weighted by Gasteiger charge is -2.18. The second-order valence-corrected chi connectivity index (χ2v) is 6.71. The van der Waals surface area contributed by atoms with Crippen LogP contribution in [0.25, 0.3) is 10.8 Å². The van der Waals surface area contributed by atoms with Crippen LogP contribution in [0.5, 0.6) is 0 Å². The Morgan fingerprint density at radius 2 is 2.33 bits per heavy atom. The second kappa shape index (κ2) is 5.08. The number of halogens is 1. The molecule has 2 rings (SSSR count). The van der Waals surface area contributed by atoms with Crippen molar-refractivity contribution in [1.29, 1.82) is 0 Å². The molecule has 0 fully saturated rings. The minimum Gasteiger partial charge on any atom is -0.382 e. The van der Waals surface area contributed by atoms with Gasteiger partial charge in [-0.15, -0.1) is 11.3 Å². The van der Waals surface area contributed by atoms with Gasteiger partial charge in [-0.25, -0.2) is 0 Å². The minimum atomic E-state index is -0.750. The van der Waals surface area contributed by atoms with Gasteiger partial charge in [0.05, 0.1) is 15.3 Å². The summed E-state index contributed by atoms with van der Waals surface area (Å²) in [6, 6.07) is 2.00. The van der Waals surface area contributed by atoms with Gasteiger partial charge in [0.25, 0.3) is 5.89 Å². The number of aryl methyl sites for hydroxylation is 1. The van der Waals surface area contributed by atoms with E-state index in [2.05, 4.69) is 26.1 Å². The zero-order valence-corrected chi connectivity index (χ0v) is 12.8. The highest BCUT2D eigenvalue weighted by Gasteiger charge is 2.28. The third-order valence-corrected chi connectivity index (χ3v) is 4.57. The fourth-order valence-corrected chi connectivity index (χ4v) is 2.94. The molecule has 5 nitrogen and oxygen atoms in total. The van der Waals surface area contributed by atoms with E-state index in [0.29, 0.717) is 18.3 Å². The standard InChI is InChI=1S/C11H14BrN3O2S/c1-6-4-7(18-8(6)12)9-14-10(15-17-9)11(2,13)5-16-3/h4H,5,13H2,1-3H3. The van der Waals surface area contributed by atoms with E-state index in [-0.39, 0.29) is 0 Å². The van der Waals surface area contributed by atoms with Crippen molar-refractivity contribution in [3.8, 4) is 10.8 Å². The molecule has 1 atom stereocenters. The Morgan fingerprint density at radius 1 is 1.61 bits per heavy atom. The van der Waals surface area contributed by atoms with E-state index in [9.17, 15) is 0 Å². The zero-order valence-electron chi connectivity index (χ0n) is 10.4.